The standard InChI is InChI=1S/C39H50N10O7/c1-4-5-14-30(46-24(3)50)38(55)49-33(18-27-20-41-22-44-27)39(56)48-32(16-25-11-7-6-8-12-25)37(54)43-21-34(51)45-23(2)36(53)47-31(35(40)52)17-26-19-42-29-15-10-9-13-28(26)29/h6-13,15,19-20,22-23,30-33,42H,4-5,14,16-18,21H2,1-3H3,(H2,40,52)(H,41,44)(H,43,54)(H,45,51)(H,46,50)(H,47,53)(H,48,56)(H,49,55)/t23-,30-,31-,32+,33-/m0/s1. The minimum absolute atomic E-state index is 0.00142. The van der Waals surface area contributed by atoms with Crippen LogP contribution < -0.4 is 37.6 Å². The summed E-state index contributed by atoms with van der Waals surface area (Å²) in [4.78, 5) is 101. The molecule has 0 spiro atoms. The van der Waals surface area contributed by atoms with Crippen LogP contribution in [0.25, 0.3) is 10.9 Å². The number of carbonyl (C=O) groups is 7. The van der Waals surface area contributed by atoms with E-state index in [0.717, 1.165) is 22.9 Å². The summed E-state index contributed by atoms with van der Waals surface area (Å²) in [5, 5.41) is 16.6. The molecule has 4 rings (SSSR count). The van der Waals surface area contributed by atoms with Crippen molar-refractivity contribution in [3.05, 3.63) is 90.1 Å². The number of carbonyl (C=O) groups excluding carboxylic acids is 7. The number of para-hydroxylation sites is 1. The molecule has 0 aliphatic rings. The Labute approximate surface area is 324 Å². The number of amides is 7. The summed E-state index contributed by atoms with van der Waals surface area (Å²) in [7, 11) is 0. The quantitative estimate of drug-likeness (QED) is 0.0563. The molecule has 0 fully saturated rings. The van der Waals surface area contributed by atoms with Crippen LogP contribution in [0.3, 0.4) is 0 Å². The van der Waals surface area contributed by atoms with E-state index in [1.54, 1.807) is 36.5 Å². The van der Waals surface area contributed by atoms with Crippen molar-refractivity contribution < 1.29 is 33.6 Å². The number of nitrogens with two attached hydrogens (primary N) is 1. The molecule has 2 heterocycles. The van der Waals surface area contributed by atoms with Gasteiger partial charge in [-0.3, -0.25) is 33.6 Å². The van der Waals surface area contributed by atoms with E-state index in [-0.39, 0.29) is 19.3 Å². The lowest BCUT2D eigenvalue weighted by Crippen LogP contribution is -2.58. The van der Waals surface area contributed by atoms with Gasteiger partial charge in [-0.15, -0.1) is 0 Å². The number of imidazole rings is 1. The number of nitrogens with zero attached hydrogens (tertiary/aromatic N) is 1. The largest absolute Gasteiger partial charge is 0.368 e. The van der Waals surface area contributed by atoms with Crippen molar-refractivity contribution in [1.29, 1.82) is 0 Å². The zero-order chi connectivity index (χ0) is 40.6. The van der Waals surface area contributed by atoms with E-state index in [1.807, 2.05) is 31.2 Å². The Morgan fingerprint density at radius 3 is 2.05 bits per heavy atom. The summed E-state index contributed by atoms with van der Waals surface area (Å²) in [6.07, 6.45) is 6.63. The van der Waals surface area contributed by atoms with Crippen molar-refractivity contribution >= 4 is 52.3 Å². The Balaban J connectivity index is 1.40. The molecular formula is C39H50N10O7. The molecule has 0 saturated heterocycles. The van der Waals surface area contributed by atoms with Crippen molar-refractivity contribution in [3.63, 3.8) is 0 Å². The number of primary amides is 1. The van der Waals surface area contributed by atoms with E-state index in [0.29, 0.717) is 24.1 Å². The van der Waals surface area contributed by atoms with Crippen LogP contribution in [0.1, 0.15) is 56.9 Å². The van der Waals surface area contributed by atoms with Gasteiger partial charge in [0.1, 0.15) is 30.2 Å². The fraction of sp³-hybridized carbons (Fsp3) is 0.385. The number of rotatable bonds is 21. The second kappa shape index (κ2) is 20.8. The normalized spacial score (nSPS) is 13.6. The highest BCUT2D eigenvalue weighted by atomic mass is 16.2. The molecule has 0 saturated carbocycles. The predicted molar refractivity (Wildman–Crippen MR) is 207 cm³/mol. The molecule has 0 aliphatic carbocycles. The first-order valence-electron chi connectivity index (χ1n) is 18.4. The van der Waals surface area contributed by atoms with Crippen LogP contribution in [0.15, 0.2) is 73.3 Å². The zero-order valence-corrected chi connectivity index (χ0v) is 31.6. The molecule has 2 aromatic heterocycles. The minimum Gasteiger partial charge on any atom is -0.368 e. The van der Waals surface area contributed by atoms with Crippen LogP contribution in [0, 0.1) is 0 Å². The summed E-state index contributed by atoms with van der Waals surface area (Å²) in [6, 6.07) is 11.0. The van der Waals surface area contributed by atoms with Gasteiger partial charge in [0.2, 0.25) is 41.4 Å². The number of hydrogen-bond acceptors (Lipinski definition) is 8. The molecule has 0 aliphatic heterocycles. The van der Waals surface area contributed by atoms with E-state index in [2.05, 4.69) is 46.9 Å². The lowest BCUT2D eigenvalue weighted by molar-refractivity contribution is -0.134. The highest BCUT2D eigenvalue weighted by Gasteiger charge is 2.31. The number of aromatic amines is 2. The number of nitrogens with one attached hydrogen (secondary N) is 8. The number of aromatic nitrogens is 3. The van der Waals surface area contributed by atoms with Crippen LogP contribution >= 0.6 is 0 Å². The Morgan fingerprint density at radius 2 is 1.39 bits per heavy atom. The van der Waals surface area contributed by atoms with Gasteiger partial charge < -0.3 is 47.6 Å². The molecule has 4 aromatic rings. The maximum atomic E-state index is 13.8. The van der Waals surface area contributed by atoms with Gasteiger partial charge in [0.15, 0.2) is 0 Å². The molecule has 5 atom stereocenters. The number of unbranched alkanes of at least 4 members (excludes halogenated alkanes) is 1. The third-order valence-corrected chi connectivity index (χ3v) is 9.02. The summed E-state index contributed by atoms with van der Waals surface area (Å²) >= 11 is 0. The Hall–Kier alpha value is -6.52. The molecule has 10 N–H and O–H groups in total. The van der Waals surface area contributed by atoms with Gasteiger partial charge in [0.05, 0.1) is 12.9 Å². The second-order valence-electron chi connectivity index (χ2n) is 13.5. The SMILES string of the molecule is CCCC[C@H](NC(C)=O)C(=O)N[C@@H](Cc1cnc[nH]1)C(=O)N[C@H](Cc1ccccc1)C(=O)NCC(=O)N[C@@H](C)C(=O)N[C@@H](Cc1c[nH]c2ccccc12)C(N)=O. The van der Waals surface area contributed by atoms with Crippen LogP contribution in [0.5, 0.6) is 0 Å². The lowest BCUT2D eigenvalue weighted by Gasteiger charge is -2.25. The van der Waals surface area contributed by atoms with Crippen molar-refractivity contribution in [1.82, 2.24) is 46.9 Å². The van der Waals surface area contributed by atoms with Gasteiger partial charge in [0.25, 0.3) is 0 Å². The number of hydrogen-bond donors (Lipinski definition) is 9. The van der Waals surface area contributed by atoms with Gasteiger partial charge in [-0.05, 0) is 30.5 Å². The van der Waals surface area contributed by atoms with Gasteiger partial charge in [-0.1, -0.05) is 68.3 Å². The van der Waals surface area contributed by atoms with Gasteiger partial charge >= 0.3 is 0 Å². The molecule has 0 radical (unpaired) electrons. The monoisotopic (exact) mass is 770 g/mol. The number of benzene rings is 2. The van der Waals surface area contributed by atoms with Crippen molar-refractivity contribution in [2.45, 2.75) is 89.5 Å². The molecule has 17 nitrogen and oxygen atoms in total. The van der Waals surface area contributed by atoms with Gasteiger partial charge in [-0.2, -0.15) is 0 Å². The number of fused-ring (bicyclic) bond motifs is 1. The first kappa shape index (κ1) is 42.2. The molecule has 7 amide bonds. The highest BCUT2D eigenvalue weighted by molar-refractivity contribution is 5.96. The van der Waals surface area contributed by atoms with E-state index < -0.39 is 78.1 Å². The van der Waals surface area contributed by atoms with E-state index in [4.69, 9.17) is 5.73 Å². The summed E-state index contributed by atoms with van der Waals surface area (Å²) < 4.78 is 0. The van der Waals surface area contributed by atoms with Gasteiger partial charge in [-0.25, -0.2) is 4.98 Å². The fourth-order valence-electron chi connectivity index (χ4n) is 6.04. The van der Waals surface area contributed by atoms with Crippen LogP contribution in [0.4, 0.5) is 0 Å². The van der Waals surface area contributed by atoms with E-state index in [9.17, 15) is 33.6 Å². The highest BCUT2D eigenvalue weighted by Crippen LogP contribution is 2.19. The molecule has 298 valence electrons. The molecule has 2 aromatic carbocycles. The molecule has 56 heavy (non-hydrogen) atoms. The average Bonchev–Trinajstić information content (AvgIpc) is 3.85. The summed E-state index contributed by atoms with van der Waals surface area (Å²) in [5.41, 5.74) is 8.48. The van der Waals surface area contributed by atoms with Crippen LogP contribution in [-0.4, -0.2) is 93.1 Å². The maximum Gasteiger partial charge on any atom is 0.243 e. The van der Waals surface area contributed by atoms with Crippen molar-refractivity contribution in [3.8, 4) is 0 Å². The van der Waals surface area contributed by atoms with Gasteiger partial charge in [0, 0.05) is 55.2 Å². The number of H-pyrrole nitrogens is 2. The minimum atomic E-state index is -1.19. The zero-order valence-electron chi connectivity index (χ0n) is 31.6. The molecule has 17 heteroatoms. The Morgan fingerprint density at radius 1 is 0.732 bits per heavy atom. The molecule has 0 unspecified atom stereocenters. The van der Waals surface area contributed by atoms with Crippen molar-refractivity contribution in [2.24, 2.45) is 5.73 Å². The first-order chi connectivity index (χ1) is 26.8. The molecule has 0 bridgehead atoms. The van der Waals surface area contributed by atoms with Crippen LogP contribution in [-0.2, 0) is 52.8 Å². The first-order valence-corrected chi connectivity index (χ1v) is 18.4. The topological polar surface area (TPSA) is 262 Å². The summed E-state index contributed by atoms with van der Waals surface area (Å²) in [6.45, 7) is 4.13. The summed E-state index contributed by atoms with van der Waals surface area (Å²) in [5.74, 6) is -4.48. The van der Waals surface area contributed by atoms with E-state index in [1.165, 1.54) is 26.4 Å². The third kappa shape index (κ3) is 12.8. The average molecular weight is 771 g/mol. The Bertz CT molecular complexity index is 1960. The smallest absolute Gasteiger partial charge is 0.243 e. The lowest BCUT2D eigenvalue weighted by atomic mass is 10.0. The third-order valence-electron chi connectivity index (χ3n) is 9.02. The second-order valence-corrected chi connectivity index (χ2v) is 13.5. The fourth-order valence-corrected chi connectivity index (χ4v) is 6.04. The van der Waals surface area contributed by atoms with E-state index >= 15 is 0 Å². The predicted octanol–water partition coefficient (Wildman–Crippen LogP) is 0.174. The Kier molecular flexibility index (Phi) is 15.7. The van der Waals surface area contributed by atoms with Crippen molar-refractivity contribution in [2.75, 3.05) is 6.54 Å². The van der Waals surface area contributed by atoms with Crippen LogP contribution in [0.2, 0.25) is 0 Å². The maximum absolute atomic E-state index is 13.8. The molecular weight excluding hydrogens is 720 g/mol.